The van der Waals surface area contributed by atoms with Crippen molar-refractivity contribution in [3.8, 4) is 17.4 Å². The van der Waals surface area contributed by atoms with E-state index in [1.807, 2.05) is 0 Å². The Morgan fingerprint density at radius 1 is 1.16 bits per heavy atom. The number of nitrogens with one attached hydrogen (secondary N) is 1. The number of pyridine rings is 1. The van der Waals surface area contributed by atoms with Crippen LogP contribution in [0.1, 0.15) is 10.4 Å². The average molecular weight is 356 g/mol. The Balaban J connectivity index is 2.08. The second-order valence-electron chi connectivity index (χ2n) is 4.81. The van der Waals surface area contributed by atoms with E-state index in [1.54, 1.807) is 12.1 Å². The molecule has 1 heterocycles. The highest BCUT2D eigenvalue weighted by atomic mass is 19.4. The highest BCUT2D eigenvalue weighted by molar-refractivity contribution is 6.06. The molecule has 6 nitrogen and oxygen atoms in total. The van der Waals surface area contributed by atoms with E-state index in [0.29, 0.717) is 11.5 Å². The zero-order chi connectivity index (χ0) is 18.4. The molecule has 0 bridgehead atoms. The molecule has 2 rings (SSSR count). The van der Waals surface area contributed by atoms with Gasteiger partial charge in [0.2, 0.25) is 5.88 Å². The van der Waals surface area contributed by atoms with Crippen LogP contribution < -0.4 is 19.5 Å². The van der Waals surface area contributed by atoms with E-state index < -0.39 is 18.7 Å². The number of carbonyl (C=O) groups excluding carboxylic acids is 1. The first-order valence-corrected chi connectivity index (χ1v) is 7.01. The molecule has 0 aliphatic carbocycles. The molecule has 1 aromatic carbocycles. The molecule has 0 unspecified atom stereocenters. The van der Waals surface area contributed by atoms with E-state index in [0.717, 1.165) is 0 Å². The fraction of sp³-hybridized carbons (Fsp3) is 0.250. The van der Waals surface area contributed by atoms with Gasteiger partial charge in [0.05, 0.1) is 31.7 Å². The lowest BCUT2D eigenvalue weighted by Gasteiger charge is -2.11. The van der Waals surface area contributed by atoms with Crippen LogP contribution in [-0.2, 0) is 0 Å². The molecule has 0 saturated heterocycles. The first kappa shape index (κ1) is 18.4. The van der Waals surface area contributed by atoms with Gasteiger partial charge in [-0.1, -0.05) is 0 Å². The molecule has 25 heavy (non-hydrogen) atoms. The molecular weight excluding hydrogens is 341 g/mol. The van der Waals surface area contributed by atoms with Gasteiger partial charge in [0, 0.05) is 6.07 Å². The summed E-state index contributed by atoms with van der Waals surface area (Å²) in [5, 5.41) is 2.57. The van der Waals surface area contributed by atoms with Crippen LogP contribution in [0.2, 0.25) is 0 Å². The van der Waals surface area contributed by atoms with Crippen molar-refractivity contribution in [1.82, 2.24) is 4.98 Å². The second-order valence-corrected chi connectivity index (χ2v) is 4.81. The number of amides is 1. The zero-order valence-corrected chi connectivity index (χ0v) is 13.4. The largest absolute Gasteiger partial charge is 0.497 e. The van der Waals surface area contributed by atoms with E-state index in [1.165, 1.54) is 38.6 Å². The van der Waals surface area contributed by atoms with E-state index in [4.69, 9.17) is 9.47 Å². The second kappa shape index (κ2) is 7.73. The molecule has 134 valence electrons. The van der Waals surface area contributed by atoms with Gasteiger partial charge in [-0.3, -0.25) is 4.79 Å². The Kier molecular flexibility index (Phi) is 5.68. The lowest BCUT2D eigenvalue weighted by molar-refractivity contribution is -0.154. The maximum Gasteiger partial charge on any atom is 0.422 e. The number of methoxy groups -OCH3 is 2. The molecule has 1 amide bonds. The lowest BCUT2D eigenvalue weighted by atomic mass is 10.1. The van der Waals surface area contributed by atoms with Crippen LogP contribution in [0, 0.1) is 0 Å². The number of halogens is 3. The van der Waals surface area contributed by atoms with Gasteiger partial charge in [-0.2, -0.15) is 13.2 Å². The minimum absolute atomic E-state index is 0.200. The maximum absolute atomic E-state index is 12.3. The highest BCUT2D eigenvalue weighted by Gasteiger charge is 2.28. The van der Waals surface area contributed by atoms with Crippen LogP contribution in [0.25, 0.3) is 0 Å². The molecule has 0 aliphatic heterocycles. The van der Waals surface area contributed by atoms with Crippen molar-refractivity contribution in [2.75, 3.05) is 26.1 Å². The van der Waals surface area contributed by atoms with E-state index in [-0.39, 0.29) is 17.1 Å². The predicted molar refractivity (Wildman–Crippen MR) is 83.3 cm³/mol. The van der Waals surface area contributed by atoms with Gasteiger partial charge >= 0.3 is 6.18 Å². The normalized spacial score (nSPS) is 10.9. The zero-order valence-electron chi connectivity index (χ0n) is 13.4. The van der Waals surface area contributed by atoms with Crippen LogP contribution in [0.3, 0.4) is 0 Å². The number of benzene rings is 1. The lowest BCUT2D eigenvalue weighted by Crippen LogP contribution is -2.19. The SMILES string of the molecule is COc1ccc(OC)c(C(=O)Nc2ccc(OCC(F)(F)F)nc2)c1. The molecule has 9 heteroatoms. The van der Waals surface area contributed by atoms with Crippen LogP contribution in [0.4, 0.5) is 18.9 Å². The molecule has 0 spiro atoms. The molecule has 2 aromatic rings. The molecule has 1 aromatic heterocycles. The monoisotopic (exact) mass is 356 g/mol. The number of ether oxygens (including phenoxy) is 3. The summed E-state index contributed by atoms with van der Waals surface area (Å²) in [6.45, 7) is -1.44. The Labute approximate surface area is 141 Å². The van der Waals surface area contributed by atoms with Crippen molar-refractivity contribution in [2.24, 2.45) is 0 Å². The highest BCUT2D eigenvalue weighted by Crippen LogP contribution is 2.25. The molecule has 0 fully saturated rings. The van der Waals surface area contributed by atoms with Crippen LogP contribution in [-0.4, -0.2) is 37.9 Å². The summed E-state index contributed by atoms with van der Waals surface area (Å²) in [6.07, 6.45) is -3.26. The number of anilines is 1. The van der Waals surface area contributed by atoms with Gasteiger partial charge in [0.25, 0.3) is 5.91 Å². The number of hydrogen-bond acceptors (Lipinski definition) is 5. The first-order chi connectivity index (χ1) is 11.8. The molecule has 0 aliphatic rings. The number of alkyl halides is 3. The van der Waals surface area contributed by atoms with Gasteiger partial charge in [-0.05, 0) is 24.3 Å². The molecule has 0 radical (unpaired) electrons. The molecular formula is C16H15F3N2O4. The summed E-state index contributed by atoms with van der Waals surface area (Å²) in [6, 6.07) is 7.33. The smallest absolute Gasteiger partial charge is 0.422 e. The Hall–Kier alpha value is -2.97. The number of hydrogen-bond donors (Lipinski definition) is 1. The van der Waals surface area contributed by atoms with Gasteiger partial charge in [-0.15, -0.1) is 0 Å². The summed E-state index contributed by atoms with van der Waals surface area (Å²) < 4.78 is 50.9. The summed E-state index contributed by atoms with van der Waals surface area (Å²) in [7, 11) is 2.89. The van der Waals surface area contributed by atoms with Gasteiger partial charge in [0.1, 0.15) is 11.5 Å². The fourth-order valence-corrected chi connectivity index (χ4v) is 1.89. The number of rotatable bonds is 6. The Bertz CT molecular complexity index is 733. The first-order valence-electron chi connectivity index (χ1n) is 7.01. The molecule has 0 saturated carbocycles. The third kappa shape index (κ3) is 5.27. The molecule has 0 atom stereocenters. The Morgan fingerprint density at radius 2 is 1.92 bits per heavy atom. The summed E-state index contributed by atoms with van der Waals surface area (Å²) in [5.74, 6) is 0.132. The summed E-state index contributed by atoms with van der Waals surface area (Å²) >= 11 is 0. The molecule has 1 N–H and O–H groups in total. The quantitative estimate of drug-likeness (QED) is 0.860. The van der Waals surface area contributed by atoms with Crippen molar-refractivity contribution in [3.63, 3.8) is 0 Å². The fourth-order valence-electron chi connectivity index (χ4n) is 1.89. The topological polar surface area (TPSA) is 69.7 Å². The minimum atomic E-state index is -4.45. The summed E-state index contributed by atoms with van der Waals surface area (Å²) in [4.78, 5) is 16.1. The van der Waals surface area contributed by atoms with Crippen LogP contribution in [0.15, 0.2) is 36.5 Å². The predicted octanol–water partition coefficient (Wildman–Crippen LogP) is 3.29. The van der Waals surface area contributed by atoms with E-state index in [2.05, 4.69) is 15.0 Å². The van der Waals surface area contributed by atoms with Crippen molar-refractivity contribution >= 4 is 11.6 Å². The third-order valence-electron chi connectivity index (χ3n) is 3.03. The van der Waals surface area contributed by atoms with E-state index in [9.17, 15) is 18.0 Å². The maximum atomic E-state index is 12.3. The number of carbonyl (C=O) groups is 1. The van der Waals surface area contributed by atoms with Gasteiger partial charge < -0.3 is 19.5 Å². The number of nitrogens with zero attached hydrogens (tertiary/aromatic N) is 1. The van der Waals surface area contributed by atoms with Crippen molar-refractivity contribution in [2.45, 2.75) is 6.18 Å². The van der Waals surface area contributed by atoms with Crippen molar-refractivity contribution < 1.29 is 32.2 Å². The van der Waals surface area contributed by atoms with Gasteiger partial charge in [-0.25, -0.2) is 4.98 Å². The standard InChI is InChI=1S/C16H15F3N2O4/c1-23-11-4-5-13(24-2)12(7-11)15(22)21-10-3-6-14(20-8-10)25-9-16(17,18)19/h3-8H,9H2,1-2H3,(H,21,22). The average Bonchev–Trinajstić information content (AvgIpc) is 2.59. The number of aromatic nitrogens is 1. The van der Waals surface area contributed by atoms with Crippen LogP contribution in [0.5, 0.6) is 17.4 Å². The van der Waals surface area contributed by atoms with Crippen LogP contribution >= 0.6 is 0 Å². The van der Waals surface area contributed by atoms with Crippen molar-refractivity contribution in [1.29, 1.82) is 0 Å². The van der Waals surface area contributed by atoms with E-state index >= 15 is 0 Å². The Morgan fingerprint density at radius 3 is 2.48 bits per heavy atom. The third-order valence-corrected chi connectivity index (χ3v) is 3.03. The van der Waals surface area contributed by atoms with Crippen molar-refractivity contribution in [3.05, 3.63) is 42.1 Å². The van der Waals surface area contributed by atoms with Gasteiger partial charge in [0.15, 0.2) is 6.61 Å². The minimum Gasteiger partial charge on any atom is -0.497 e. The summed E-state index contributed by atoms with van der Waals surface area (Å²) in [5.41, 5.74) is 0.522.